The lowest BCUT2D eigenvalue weighted by Gasteiger charge is -2.13. The molecule has 0 bridgehead atoms. The number of hydrogen-bond acceptors (Lipinski definition) is 6. The van der Waals surface area contributed by atoms with Crippen LogP contribution in [0.1, 0.15) is 21.6 Å². The maximum atomic E-state index is 12.0. The van der Waals surface area contributed by atoms with Gasteiger partial charge in [-0.15, -0.1) is 0 Å². The van der Waals surface area contributed by atoms with E-state index in [0.717, 1.165) is 6.26 Å². The molecular weight excluding hydrogens is 332 g/mol. The summed E-state index contributed by atoms with van der Waals surface area (Å²) in [6, 6.07) is 6.81. The summed E-state index contributed by atoms with van der Waals surface area (Å²) in [4.78, 5) is 12.0. The third kappa shape index (κ3) is 3.33. The Morgan fingerprint density at radius 1 is 1.42 bits per heavy atom. The molecule has 0 spiro atoms. The largest absolute Gasteiger partial charge is 0.464 e. The summed E-state index contributed by atoms with van der Waals surface area (Å²) in [7, 11) is -2.26. The Labute approximate surface area is 139 Å². The number of sulfonamides is 1. The van der Waals surface area contributed by atoms with E-state index in [9.17, 15) is 13.2 Å². The summed E-state index contributed by atoms with van der Waals surface area (Å²) >= 11 is 0. The number of anilines is 2. The first kappa shape index (κ1) is 17.4. The fraction of sp³-hybridized carbons (Fsp3) is 0.200. The normalized spacial score (nSPS) is 10.9. The van der Waals surface area contributed by atoms with Gasteiger partial charge in [-0.2, -0.15) is 5.26 Å². The number of hydrogen-bond donors (Lipinski definition) is 2. The summed E-state index contributed by atoms with van der Waals surface area (Å²) < 4.78 is 31.5. The number of rotatable bonds is 4. The number of esters is 1. The number of nitriles is 1. The molecule has 24 heavy (non-hydrogen) atoms. The smallest absolute Gasteiger partial charge is 0.357 e. The molecule has 0 unspecified atom stereocenters. The Morgan fingerprint density at radius 2 is 2.08 bits per heavy atom. The average Bonchev–Trinajstić information content (AvgIpc) is 2.84. The van der Waals surface area contributed by atoms with Crippen LogP contribution in [0.5, 0.6) is 0 Å². The van der Waals surface area contributed by atoms with E-state index in [-0.39, 0.29) is 16.9 Å². The molecule has 0 saturated carbocycles. The van der Waals surface area contributed by atoms with Crippen molar-refractivity contribution in [1.29, 1.82) is 5.26 Å². The molecule has 2 aromatic rings. The third-order valence-corrected chi connectivity index (χ3v) is 3.93. The van der Waals surface area contributed by atoms with Crippen molar-refractivity contribution in [2.45, 2.75) is 6.92 Å². The van der Waals surface area contributed by atoms with Crippen LogP contribution in [0.25, 0.3) is 5.69 Å². The van der Waals surface area contributed by atoms with E-state index >= 15 is 0 Å². The van der Waals surface area contributed by atoms with Gasteiger partial charge in [-0.3, -0.25) is 4.72 Å². The van der Waals surface area contributed by atoms with E-state index in [4.69, 9.17) is 15.7 Å². The number of nitrogens with two attached hydrogens (primary N) is 1. The quantitative estimate of drug-likeness (QED) is 0.804. The molecule has 0 fully saturated rings. The maximum absolute atomic E-state index is 12.0. The molecule has 0 aliphatic carbocycles. The van der Waals surface area contributed by atoms with Crippen LogP contribution >= 0.6 is 0 Å². The molecular formula is C15H16N4O4S. The maximum Gasteiger partial charge on any atom is 0.357 e. The highest BCUT2D eigenvalue weighted by molar-refractivity contribution is 7.92. The van der Waals surface area contributed by atoms with Gasteiger partial charge in [-0.25, -0.2) is 13.2 Å². The van der Waals surface area contributed by atoms with Crippen molar-refractivity contribution in [3.8, 4) is 11.8 Å². The van der Waals surface area contributed by atoms with E-state index in [2.05, 4.69) is 4.72 Å². The van der Waals surface area contributed by atoms with Crippen LogP contribution in [0.3, 0.4) is 0 Å². The number of nitrogen functional groups attached to an aromatic ring is 1. The number of carbonyl (C=O) groups excluding carboxylic acids is 1. The van der Waals surface area contributed by atoms with E-state index < -0.39 is 16.0 Å². The Kier molecular flexibility index (Phi) is 4.52. The van der Waals surface area contributed by atoms with Gasteiger partial charge in [-0.1, -0.05) is 6.07 Å². The number of nitrogens with zero attached hydrogens (tertiary/aromatic N) is 2. The third-order valence-electron chi connectivity index (χ3n) is 3.34. The second-order valence-corrected chi connectivity index (χ2v) is 6.90. The average molecular weight is 348 g/mol. The summed E-state index contributed by atoms with van der Waals surface area (Å²) in [6.07, 6.45) is 2.44. The lowest BCUT2D eigenvalue weighted by Crippen LogP contribution is -2.13. The molecule has 1 aromatic carbocycles. The molecule has 126 valence electrons. The summed E-state index contributed by atoms with van der Waals surface area (Å²) in [6.45, 7) is 1.74. The van der Waals surface area contributed by atoms with Crippen molar-refractivity contribution in [2.75, 3.05) is 23.8 Å². The number of carbonyl (C=O) groups is 1. The van der Waals surface area contributed by atoms with E-state index in [0.29, 0.717) is 16.9 Å². The first-order chi connectivity index (χ1) is 11.2. The van der Waals surface area contributed by atoms with Crippen molar-refractivity contribution in [1.82, 2.24) is 4.57 Å². The van der Waals surface area contributed by atoms with Crippen LogP contribution < -0.4 is 10.5 Å². The summed E-state index contributed by atoms with van der Waals surface area (Å²) in [5.74, 6) is -0.702. The second-order valence-electron chi connectivity index (χ2n) is 5.15. The van der Waals surface area contributed by atoms with E-state index in [1.807, 2.05) is 6.07 Å². The zero-order valence-corrected chi connectivity index (χ0v) is 14.1. The zero-order chi connectivity index (χ0) is 18.1. The predicted octanol–water partition coefficient (Wildman–Crippen LogP) is 1.40. The molecule has 1 aromatic heterocycles. The van der Waals surface area contributed by atoms with Crippen LogP contribution in [0.15, 0.2) is 24.4 Å². The molecule has 2 rings (SSSR count). The van der Waals surface area contributed by atoms with E-state index in [1.54, 1.807) is 25.1 Å². The number of nitrogens with one attached hydrogen (secondary N) is 1. The Morgan fingerprint density at radius 3 is 2.62 bits per heavy atom. The highest BCUT2D eigenvalue weighted by atomic mass is 32.2. The lowest BCUT2D eigenvalue weighted by molar-refractivity contribution is 0.0593. The fourth-order valence-corrected chi connectivity index (χ4v) is 2.81. The zero-order valence-electron chi connectivity index (χ0n) is 13.3. The number of ether oxygens (including phenoxy) is 1. The van der Waals surface area contributed by atoms with Gasteiger partial charge in [0.15, 0.2) is 5.69 Å². The molecule has 0 aliphatic rings. The first-order valence-electron chi connectivity index (χ1n) is 6.76. The van der Waals surface area contributed by atoms with Gasteiger partial charge in [-0.05, 0) is 24.6 Å². The van der Waals surface area contributed by atoms with Crippen LogP contribution in [0, 0.1) is 18.3 Å². The molecule has 0 amide bonds. The predicted molar refractivity (Wildman–Crippen MR) is 89.4 cm³/mol. The number of methoxy groups -OCH3 is 1. The molecule has 0 radical (unpaired) electrons. The number of aryl methyl sites for hydroxylation is 1. The van der Waals surface area contributed by atoms with Crippen LogP contribution in [0.2, 0.25) is 0 Å². The first-order valence-corrected chi connectivity index (χ1v) is 8.65. The topological polar surface area (TPSA) is 127 Å². The summed E-state index contributed by atoms with van der Waals surface area (Å²) in [5, 5.41) is 9.12. The van der Waals surface area contributed by atoms with Crippen molar-refractivity contribution < 1.29 is 17.9 Å². The molecule has 1 heterocycles. The summed E-state index contributed by atoms with van der Waals surface area (Å²) in [5.41, 5.74) is 7.48. The van der Waals surface area contributed by atoms with Gasteiger partial charge in [0.05, 0.1) is 30.3 Å². The molecule has 0 atom stereocenters. The fourth-order valence-electron chi connectivity index (χ4n) is 2.19. The van der Waals surface area contributed by atoms with Gasteiger partial charge in [0, 0.05) is 11.9 Å². The van der Waals surface area contributed by atoms with Gasteiger partial charge in [0.2, 0.25) is 10.0 Å². The van der Waals surface area contributed by atoms with E-state index in [1.165, 1.54) is 17.9 Å². The monoisotopic (exact) mass is 348 g/mol. The Balaban J connectivity index is 2.67. The van der Waals surface area contributed by atoms with Gasteiger partial charge < -0.3 is 15.0 Å². The molecule has 8 nitrogen and oxygen atoms in total. The van der Waals surface area contributed by atoms with Crippen molar-refractivity contribution in [2.24, 2.45) is 0 Å². The van der Waals surface area contributed by atoms with Crippen LogP contribution in [0.4, 0.5) is 11.4 Å². The molecule has 9 heteroatoms. The highest BCUT2D eigenvalue weighted by Crippen LogP contribution is 2.27. The molecule has 0 aliphatic heterocycles. The Bertz CT molecular complexity index is 955. The minimum atomic E-state index is -3.47. The Hall–Kier alpha value is -2.99. The molecule has 3 N–H and O–H groups in total. The SMILES string of the molecule is COC(=O)c1c(N)c(C#N)cn1-c1ccc(C)c(NS(C)(=O)=O)c1. The highest BCUT2D eigenvalue weighted by Gasteiger charge is 2.22. The lowest BCUT2D eigenvalue weighted by atomic mass is 10.2. The standard InChI is InChI=1S/C15H16N4O4S/c1-9-4-5-11(6-12(9)18-24(3,21)22)19-8-10(7-16)13(17)14(19)15(20)23-2/h4-6,8,18H,17H2,1-3H3. The minimum absolute atomic E-state index is 0.00236. The van der Waals surface area contributed by atoms with Crippen LogP contribution in [-0.2, 0) is 14.8 Å². The van der Waals surface area contributed by atoms with Crippen molar-refractivity contribution >= 4 is 27.4 Å². The molecule has 0 saturated heterocycles. The minimum Gasteiger partial charge on any atom is -0.464 e. The van der Waals surface area contributed by atoms with Crippen LogP contribution in [-0.4, -0.2) is 32.3 Å². The second kappa shape index (κ2) is 6.25. The van der Waals surface area contributed by atoms with Crippen molar-refractivity contribution in [3.05, 3.63) is 41.2 Å². The van der Waals surface area contributed by atoms with Crippen molar-refractivity contribution in [3.63, 3.8) is 0 Å². The number of aromatic nitrogens is 1. The number of benzene rings is 1. The van der Waals surface area contributed by atoms with Gasteiger partial charge in [0.25, 0.3) is 0 Å². The van der Waals surface area contributed by atoms with Gasteiger partial charge in [0.1, 0.15) is 6.07 Å². The van der Waals surface area contributed by atoms with Gasteiger partial charge >= 0.3 is 5.97 Å².